The number of hydrogen-bond acceptors (Lipinski definition) is 5. The van der Waals surface area contributed by atoms with Crippen molar-refractivity contribution >= 4 is 23.9 Å². The van der Waals surface area contributed by atoms with Gasteiger partial charge in [-0.3, -0.25) is 0 Å². The third-order valence-electron chi connectivity index (χ3n) is 4.53. The molecule has 0 aromatic heterocycles. The van der Waals surface area contributed by atoms with Gasteiger partial charge in [0.2, 0.25) is 0 Å². The van der Waals surface area contributed by atoms with E-state index in [1.807, 2.05) is 25.1 Å². The first-order chi connectivity index (χ1) is 15.5. The van der Waals surface area contributed by atoms with Crippen LogP contribution in [0.1, 0.15) is 27.0 Å². The molecule has 0 aliphatic carbocycles. The van der Waals surface area contributed by atoms with Gasteiger partial charge < -0.3 is 19.9 Å². The summed E-state index contributed by atoms with van der Waals surface area (Å²) in [5, 5.41) is 15.8. The number of ether oxygens (including phenoxy) is 2. The molecule has 8 nitrogen and oxygen atoms in total. The smallest absolute Gasteiger partial charge is 0.339 e. The maximum absolute atomic E-state index is 12.0. The van der Waals surface area contributed by atoms with Gasteiger partial charge >= 0.3 is 12.0 Å². The molecule has 3 rings (SSSR count). The van der Waals surface area contributed by atoms with Gasteiger partial charge in [-0.25, -0.2) is 15.0 Å². The van der Waals surface area contributed by atoms with E-state index in [0.29, 0.717) is 22.7 Å². The summed E-state index contributed by atoms with van der Waals surface area (Å²) in [6.07, 6.45) is 1.49. The first-order valence-electron chi connectivity index (χ1n) is 9.75. The van der Waals surface area contributed by atoms with Gasteiger partial charge in [-0.05, 0) is 60.0 Å². The number of para-hydroxylation sites is 1. The number of hydrazone groups is 1. The van der Waals surface area contributed by atoms with E-state index in [0.717, 1.165) is 11.1 Å². The topological polar surface area (TPSA) is 109 Å². The Morgan fingerprint density at radius 1 is 1.03 bits per heavy atom. The van der Waals surface area contributed by atoms with E-state index in [4.69, 9.17) is 14.6 Å². The van der Waals surface area contributed by atoms with E-state index in [2.05, 4.69) is 15.8 Å². The lowest BCUT2D eigenvalue weighted by molar-refractivity contribution is 0.0696. The Bertz CT molecular complexity index is 1140. The lowest BCUT2D eigenvalue weighted by Gasteiger charge is -2.11. The highest BCUT2D eigenvalue weighted by molar-refractivity contribution is 5.91. The van der Waals surface area contributed by atoms with E-state index >= 15 is 0 Å². The normalized spacial score (nSPS) is 10.6. The van der Waals surface area contributed by atoms with Crippen LogP contribution < -0.4 is 20.2 Å². The van der Waals surface area contributed by atoms with Gasteiger partial charge in [-0.1, -0.05) is 30.3 Å². The molecule has 0 fully saturated rings. The predicted octanol–water partition coefficient (Wildman–Crippen LogP) is 4.44. The molecule has 0 aliphatic heterocycles. The van der Waals surface area contributed by atoms with E-state index < -0.39 is 12.0 Å². The monoisotopic (exact) mass is 433 g/mol. The van der Waals surface area contributed by atoms with E-state index in [1.54, 1.807) is 42.5 Å². The van der Waals surface area contributed by atoms with Crippen molar-refractivity contribution in [2.45, 2.75) is 13.5 Å². The number of carbonyl (C=O) groups is 2. The van der Waals surface area contributed by atoms with E-state index in [9.17, 15) is 9.59 Å². The molecule has 3 aromatic carbocycles. The second kappa shape index (κ2) is 10.6. The number of aryl methyl sites for hydroxylation is 1. The van der Waals surface area contributed by atoms with Gasteiger partial charge in [0.15, 0.2) is 11.5 Å². The van der Waals surface area contributed by atoms with Crippen LogP contribution in [0.4, 0.5) is 10.5 Å². The number of amides is 2. The maximum Gasteiger partial charge on any atom is 0.339 e. The Kier molecular flexibility index (Phi) is 7.42. The average Bonchev–Trinajstić information content (AvgIpc) is 2.79. The number of methoxy groups -OCH3 is 1. The highest BCUT2D eigenvalue weighted by Gasteiger charge is 2.08. The largest absolute Gasteiger partial charge is 0.493 e. The molecule has 3 aromatic rings. The number of aromatic carboxylic acids is 1. The number of nitrogens with one attached hydrogen (secondary N) is 2. The predicted molar refractivity (Wildman–Crippen MR) is 122 cm³/mol. The molecule has 0 atom stereocenters. The summed E-state index contributed by atoms with van der Waals surface area (Å²) in [5.41, 5.74) is 5.69. The summed E-state index contributed by atoms with van der Waals surface area (Å²) >= 11 is 0. The number of carbonyl (C=O) groups excluding carboxylic acids is 1. The Balaban J connectivity index is 1.59. The van der Waals surface area contributed by atoms with Crippen LogP contribution >= 0.6 is 0 Å². The van der Waals surface area contributed by atoms with Gasteiger partial charge in [0.1, 0.15) is 6.61 Å². The molecule has 0 aliphatic rings. The van der Waals surface area contributed by atoms with Gasteiger partial charge in [0.05, 0.1) is 18.9 Å². The minimum Gasteiger partial charge on any atom is -0.493 e. The standard InChI is InChI=1S/C24H23N3O5/c1-16-6-3-4-9-20(16)26-24(30)27-25-14-17-10-11-21(22(13-17)31-2)32-15-18-7-5-8-19(12-18)23(28)29/h3-14H,15H2,1-2H3,(H,28,29)(H2,26,27,30). The first-order valence-corrected chi connectivity index (χ1v) is 9.75. The molecule has 0 saturated carbocycles. The Hall–Kier alpha value is -4.33. The molecule has 164 valence electrons. The molecule has 0 heterocycles. The zero-order chi connectivity index (χ0) is 22.9. The molecule has 8 heteroatoms. The summed E-state index contributed by atoms with van der Waals surface area (Å²) in [6.45, 7) is 2.09. The van der Waals surface area contributed by atoms with Crippen LogP contribution in [0.3, 0.4) is 0 Å². The van der Waals surface area contributed by atoms with Crippen molar-refractivity contribution in [1.29, 1.82) is 0 Å². The molecule has 2 amide bonds. The molecular weight excluding hydrogens is 410 g/mol. The van der Waals surface area contributed by atoms with Crippen molar-refractivity contribution < 1.29 is 24.2 Å². The SMILES string of the molecule is COc1cc(C=NNC(=O)Nc2ccccc2C)ccc1OCc1cccc(C(=O)O)c1. The Morgan fingerprint density at radius 3 is 2.59 bits per heavy atom. The number of carboxylic acids is 1. The van der Waals surface area contributed by atoms with Gasteiger partial charge in [0.25, 0.3) is 0 Å². The molecule has 0 unspecified atom stereocenters. The highest BCUT2D eigenvalue weighted by Crippen LogP contribution is 2.28. The van der Waals surface area contributed by atoms with Crippen LogP contribution in [0, 0.1) is 6.92 Å². The minimum atomic E-state index is -0.991. The molecule has 0 radical (unpaired) electrons. The molecule has 0 spiro atoms. The van der Waals surface area contributed by atoms with Crippen LogP contribution in [0.2, 0.25) is 0 Å². The fraction of sp³-hybridized carbons (Fsp3) is 0.125. The van der Waals surface area contributed by atoms with Crippen molar-refractivity contribution in [2.24, 2.45) is 5.10 Å². The molecule has 0 bridgehead atoms. The fourth-order valence-electron chi connectivity index (χ4n) is 2.87. The van der Waals surface area contributed by atoms with Crippen LogP contribution in [0.15, 0.2) is 71.8 Å². The van der Waals surface area contributed by atoms with Crippen LogP contribution in [0.5, 0.6) is 11.5 Å². The summed E-state index contributed by atoms with van der Waals surface area (Å²) in [5.74, 6) is -0.0161. The summed E-state index contributed by atoms with van der Waals surface area (Å²) in [4.78, 5) is 23.1. The second-order valence-corrected chi connectivity index (χ2v) is 6.84. The number of anilines is 1. The van der Waals surface area contributed by atoms with Crippen molar-refractivity contribution in [3.05, 3.63) is 89.0 Å². The van der Waals surface area contributed by atoms with E-state index in [1.165, 1.54) is 19.4 Å². The first kappa shape index (κ1) is 22.4. The molecule has 0 saturated heterocycles. The third-order valence-corrected chi connectivity index (χ3v) is 4.53. The zero-order valence-corrected chi connectivity index (χ0v) is 17.7. The van der Waals surface area contributed by atoms with Gasteiger partial charge in [0, 0.05) is 5.69 Å². The number of carboxylic acid groups (broad SMARTS) is 1. The number of rotatable bonds is 8. The third kappa shape index (κ3) is 6.09. The summed E-state index contributed by atoms with van der Waals surface area (Å²) in [6, 6.07) is 18.7. The van der Waals surface area contributed by atoms with Crippen molar-refractivity contribution in [3.63, 3.8) is 0 Å². The average molecular weight is 433 g/mol. The number of nitrogens with zero attached hydrogens (tertiary/aromatic N) is 1. The minimum absolute atomic E-state index is 0.186. The maximum atomic E-state index is 12.0. The Morgan fingerprint density at radius 2 is 1.84 bits per heavy atom. The molecule has 32 heavy (non-hydrogen) atoms. The van der Waals surface area contributed by atoms with Crippen molar-refractivity contribution in [3.8, 4) is 11.5 Å². The van der Waals surface area contributed by atoms with Crippen molar-refractivity contribution in [2.75, 3.05) is 12.4 Å². The van der Waals surface area contributed by atoms with Crippen LogP contribution in [-0.2, 0) is 6.61 Å². The van der Waals surface area contributed by atoms with Crippen LogP contribution in [0.25, 0.3) is 0 Å². The fourth-order valence-corrected chi connectivity index (χ4v) is 2.87. The van der Waals surface area contributed by atoms with Gasteiger partial charge in [-0.15, -0.1) is 0 Å². The Labute approximate surface area is 185 Å². The summed E-state index contributed by atoms with van der Waals surface area (Å²) in [7, 11) is 1.52. The second-order valence-electron chi connectivity index (χ2n) is 6.84. The molecular formula is C24H23N3O5. The van der Waals surface area contributed by atoms with Crippen molar-refractivity contribution in [1.82, 2.24) is 5.43 Å². The quantitative estimate of drug-likeness (QED) is 0.360. The lowest BCUT2D eigenvalue weighted by atomic mass is 10.1. The zero-order valence-electron chi connectivity index (χ0n) is 17.7. The molecule has 3 N–H and O–H groups in total. The van der Waals surface area contributed by atoms with E-state index in [-0.39, 0.29) is 12.2 Å². The van der Waals surface area contributed by atoms with Crippen LogP contribution in [-0.4, -0.2) is 30.4 Å². The number of urea groups is 1. The number of hydrogen-bond donors (Lipinski definition) is 3. The number of benzene rings is 3. The van der Waals surface area contributed by atoms with Gasteiger partial charge in [-0.2, -0.15) is 5.10 Å². The lowest BCUT2D eigenvalue weighted by Crippen LogP contribution is -2.24. The summed E-state index contributed by atoms with van der Waals surface area (Å²) < 4.78 is 11.2. The highest BCUT2D eigenvalue weighted by atomic mass is 16.5.